The summed E-state index contributed by atoms with van der Waals surface area (Å²) >= 11 is 0. The number of hydrogen-bond acceptors (Lipinski definition) is 4. The van der Waals surface area contributed by atoms with E-state index in [1.54, 1.807) is 37.3 Å². The SMILES string of the molecule is COc1cc(OC)cc(C(=O)N(CCC(=O)N2CCC(Cc3ccccc3)CC2)C(C)c2ccccc2)c1. The van der Waals surface area contributed by atoms with Crippen LogP contribution in [0.3, 0.4) is 0 Å². The fourth-order valence-electron chi connectivity index (χ4n) is 5.19. The van der Waals surface area contributed by atoms with Gasteiger partial charge in [0.05, 0.1) is 20.3 Å². The molecule has 200 valence electrons. The van der Waals surface area contributed by atoms with Gasteiger partial charge in [-0.2, -0.15) is 0 Å². The Morgan fingerprint density at radius 2 is 1.47 bits per heavy atom. The van der Waals surface area contributed by atoms with Gasteiger partial charge in [0.25, 0.3) is 5.91 Å². The van der Waals surface area contributed by atoms with E-state index in [0.29, 0.717) is 29.5 Å². The summed E-state index contributed by atoms with van der Waals surface area (Å²) in [6.07, 6.45) is 3.36. The first-order chi connectivity index (χ1) is 18.5. The van der Waals surface area contributed by atoms with E-state index in [4.69, 9.17) is 9.47 Å². The van der Waals surface area contributed by atoms with Gasteiger partial charge in [-0.1, -0.05) is 60.7 Å². The molecular formula is C32H38N2O4. The van der Waals surface area contributed by atoms with Crippen LogP contribution in [0.1, 0.15) is 53.7 Å². The number of rotatable bonds is 10. The van der Waals surface area contributed by atoms with Gasteiger partial charge in [-0.25, -0.2) is 0 Å². The number of nitrogens with zero attached hydrogens (tertiary/aromatic N) is 2. The summed E-state index contributed by atoms with van der Waals surface area (Å²) < 4.78 is 10.8. The van der Waals surface area contributed by atoms with Gasteiger partial charge < -0.3 is 19.3 Å². The fraction of sp³-hybridized carbons (Fsp3) is 0.375. The molecule has 0 N–H and O–H groups in total. The summed E-state index contributed by atoms with van der Waals surface area (Å²) in [6.45, 7) is 3.87. The number of carbonyl (C=O) groups excluding carboxylic acids is 2. The van der Waals surface area contributed by atoms with Crippen LogP contribution < -0.4 is 9.47 Å². The largest absolute Gasteiger partial charge is 0.497 e. The zero-order valence-corrected chi connectivity index (χ0v) is 22.6. The molecule has 38 heavy (non-hydrogen) atoms. The Labute approximate surface area is 226 Å². The third-order valence-corrected chi connectivity index (χ3v) is 7.51. The highest BCUT2D eigenvalue weighted by molar-refractivity contribution is 5.95. The van der Waals surface area contributed by atoms with Crippen LogP contribution in [-0.4, -0.2) is 55.5 Å². The summed E-state index contributed by atoms with van der Waals surface area (Å²) in [4.78, 5) is 30.8. The molecule has 4 rings (SSSR count). The van der Waals surface area contributed by atoms with Crippen molar-refractivity contribution in [3.05, 3.63) is 95.6 Å². The zero-order chi connectivity index (χ0) is 26.9. The van der Waals surface area contributed by atoms with Crippen molar-refractivity contribution < 1.29 is 19.1 Å². The smallest absolute Gasteiger partial charge is 0.254 e. The van der Waals surface area contributed by atoms with E-state index in [0.717, 1.165) is 37.9 Å². The molecule has 3 aromatic carbocycles. The quantitative estimate of drug-likeness (QED) is 0.344. The molecule has 0 saturated carbocycles. The van der Waals surface area contributed by atoms with Gasteiger partial charge in [-0.3, -0.25) is 9.59 Å². The minimum Gasteiger partial charge on any atom is -0.497 e. The Morgan fingerprint density at radius 1 is 0.895 bits per heavy atom. The first-order valence-electron chi connectivity index (χ1n) is 13.4. The molecule has 0 radical (unpaired) electrons. The van der Waals surface area contributed by atoms with E-state index in [9.17, 15) is 9.59 Å². The van der Waals surface area contributed by atoms with E-state index in [1.165, 1.54) is 5.56 Å². The third-order valence-electron chi connectivity index (χ3n) is 7.51. The molecule has 1 aliphatic rings. The maximum atomic E-state index is 13.8. The number of carbonyl (C=O) groups is 2. The number of piperidine rings is 1. The molecule has 0 spiro atoms. The van der Waals surface area contributed by atoms with Crippen LogP contribution in [0.25, 0.3) is 0 Å². The van der Waals surface area contributed by atoms with Crippen molar-refractivity contribution in [3.63, 3.8) is 0 Å². The minimum atomic E-state index is -0.203. The molecule has 1 fully saturated rings. The average Bonchev–Trinajstić information content (AvgIpc) is 2.98. The maximum Gasteiger partial charge on any atom is 0.254 e. The number of hydrogen-bond donors (Lipinski definition) is 0. The Hall–Kier alpha value is -3.80. The number of ether oxygens (including phenoxy) is 2. The summed E-state index contributed by atoms with van der Waals surface area (Å²) in [5, 5.41) is 0. The molecule has 1 heterocycles. The Bertz CT molecular complexity index is 1170. The second-order valence-electron chi connectivity index (χ2n) is 9.95. The lowest BCUT2D eigenvalue weighted by atomic mass is 9.90. The molecule has 3 aromatic rings. The highest BCUT2D eigenvalue weighted by Gasteiger charge is 2.27. The molecule has 1 aliphatic heterocycles. The molecule has 1 atom stereocenters. The van der Waals surface area contributed by atoms with Gasteiger partial charge >= 0.3 is 0 Å². The highest BCUT2D eigenvalue weighted by atomic mass is 16.5. The normalized spacial score (nSPS) is 14.6. The molecule has 6 heteroatoms. The van der Waals surface area contributed by atoms with Crippen molar-refractivity contribution in [2.45, 2.75) is 38.6 Å². The van der Waals surface area contributed by atoms with Crippen molar-refractivity contribution in [2.75, 3.05) is 33.9 Å². The van der Waals surface area contributed by atoms with Gasteiger partial charge in [-0.15, -0.1) is 0 Å². The van der Waals surface area contributed by atoms with Crippen LogP contribution in [0.15, 0.2) is 78.9 Å². The van der Waals surface area contributed by atoms with E-state index in [2.05, 4.69) is 24.3 Å². The minimum absolute atomic E-state index is 0.101. The standard InChI is InChI=1S/C32H38N2O4/c1-24(27-12-8-5-9-13-27)34(32(36)28-21-29(37-2)23-30(22-28)38-3)19-16-31(35)33-17-14-26(15-18-33)20-25-10-6-4-7-11-25/h4-13,21-24,26H,14-20H2,1-3H3. The average molecular weight is 515 g/mol. The van der Waals surface area contributed by atoms with Crippen molar-refractivity contribution in [3.8, 4) is 11.5 Å². The van der Waals surface area contributed by atoms with Crippen LogP contribution in [0.2, 0.25) is 0 Å². The topological polar surface area (TPSA) is 59.1 Å². The number of benzene rings is 3. The summed E-state index contributed by atoms with van der Waals surface area (Å²) in [6, 6.07) is 25.4. The van der Waals surface area contributed by atoms with Gasteiger partial charge in [0.15, 0.2) is 0 Å². The molecule has 1 unspecified atom stereocenters. The lowest BCUT2D eigenvalue weighted by molar-refractivity contribution is -0.132. The monoisotopic (exact) mass is 514 g/mol. The number of methoxy groups -OCH3 is 2. The van der Waals surface area contributed by atoms with Crippen LogP contribution in [0.5, 0.6) is 11.5 Å². The van der Waals surface area contributed by atoms with Crippen molar-refractivity contribution in [1.82, 2.24) is 9.80 Å². The molecule has 0 aromatic heterocycles. The maximum absolute atomic E-state index is 13.8. The lowest BCUT2D eigenvalue weighted by Crippen LogP contribution is -2.41. The molecule has 1 saturated heterocycles. The van der Waals surface area contributed by atoms with E-state index >= 15 is 0 Å². The molecule has 0 bridgehead atoms. The first-order valence-corrected chi connectivity index (χ1v) is 13.4. The van der Waals surface area contributed by atoms with Crippen molar-refractivity contribution in [1.29, 1.82) is 0 Å². The van der Waals surface area contributed by atoms with E-state index in [-0.39, 0.29) is 24.3 Å². The van der Waals surface area contributed by atoms with Crippen molar-refractivity contribution in [2.24, 2.45) is 5.92 Å². The summed E-state index contributed by atoms with van der Waals surface area (Å²) in [5.74, 6) is 1.64. The first kappa shape index (κ1) is 27.2. The third kappa shape index (κ3) is 6.94. The summed E-state index contributed by atoms with van der Waals surface area (Å²) in [5.41, 5.74) is 2.85. The second kappa shape index (κ2) is 13.1. The molecule has 6 nitrogen and oxygen atoms in total. The van der Waals surface area contributed by atoms with Crippen molar-refractivity contribution >= 4 is 11.8 Å². The second-order valence-corrected chi connectivity index (χ2v) is 9.95. The van der Waals surface area contributed by atoms with Gasteiger partial charge in [0, 0.05) is 37.7 Å². The molecular weight excluding hydrogens is 476 g/mol. The van der Waals surface area contributed by atoms with Gasteiger partial charge in [0.1, 0.15) is 11.5 Å². The zero-order valence-electron chi connectivity index (χ0n) is 22.6. The Morgan fingerprint density at radius 3 is 2.05 bits per heavy atom. The Kier molecular flexibility index (Phi) is 9.41. The molecule has 0 aliphatic carbocycles. The van der Waals surface area contributed by atoms with E-state index in [1.807, 2.05) is 48.2 Å². The summed E-state index contributed by atoms with van der Waals surface area (Å²) in [7, 11) is 3.13. The van der Waals surface area contributed by atoms with Crippen LogP contribution in [0, 0.1) is 5.92 Å². The van der Waals surface area contributed by atoms with Crippen LogP contribution >= 0.6 is 0 Å². The lowest BCUT2D eigenvalue weighted by Gasteiger charge is -2.34. The van der Waals surface area contributed by atoms with Gasteiger partial charge in [0.2, 0.25) is 5.91 Å². The highest BCUT2D eigenvalue weighted by Crippen LogP contribution is 2.28. The van der Waals surface area contributed by atoms with E-state index < -0.39 is 0 Å². The predicted molar refractivity (Wildman–Crippen MR) is 150 cm³/mol. The van der Waals surface area contributed by atoms with Gasteiger partial charge in [-0.05, 0) is 55.4 Å². The Balaban J connectivity index is 1.43. The predicted octanol–water partition coefficient (Wildman–Crippen LogP) is 5.78. The van der Waals surface area contributed by atoms with Crippen LogP contribution in [-0.2, 0) is 11.2 Å². The molecule has 2 amide bonds. The number of likely N-dealkylation sites (tertiary alicyclic amines) is 1. The fourth-order valence-corrected chi connectivity index (χ4v) is 5.19. The number of amides is 2. The van der Waals surface area contributed by atoms with Crippen LogP contribution in [0.4, 0.5) is 0 Å².